The standard InChI is InChI=1S/C22H38O2/c1-2-3-4-5-6-7-8-9-10-11-12-13-14-15-16-17-18-19-20-21-22(23)24/h3-4,6-7,20-21H,2,5,8-19H2,1H3,(H,23,24). The average Bonchev–Trinajstić information content (AvgIpc) is 2.56. The predicted molar refractivity (Wildman–Crippen MR) is 105 cm³/mol. The summed E-state index contributed by atoms with van der Waals surface area (Å²) in [5.41, 5.74) is 0. The number of unbranched alkanes of at least 4 members (excludes halogenated alkanes) is 11. The lowest BCUT2D eigenvalue weighted by Crippen LogP contribution is -1.86. The van der Waals surface area contributed by atoms with Crippen LogP contribution in [0.1, 0.15) is 96.8 Å². The van der Waals surface area contributed by atoms with Crippen molar-refractivity contribution < 1.29 is 9.90 Å². The molecular weight excluding hydrogens is 296 g/mol. The molecule has 0 aromatic heterocycles. The molecule has 0 aliphatic rings. The summed E-state index contributed by atoms with van der Waals surface area (Å²) in [6, 6.07) is 0. The first-order valence-corrected chi connectivity index (χ1v) is 9.96. The van der Waals surface area contributed by atoms with E-state index in [2.05, 4.69) is 31.2 Å². The zero-order valence-electron chi connectivity index (χ0n) is 15.7. The minimum Gasteiger partial charge on any atom is -0.478 e. The van der Waals surface area contributed by atoms with Gasteiger partial charge in [-0.1, -0.05) is 88.7 Å². The van der Waals surface area contributed by atoms with Crippen LogP contribution < -0.4 is 0 Å². The van der Waals surface area contributed by atoms with Crippen molar-refractivity contribution >= 4 is 5.97 Å². The minimum atomic E-state index is -0.838. The van der Waals surface area contributed by atoms with Gasteiger partial charge < -0.3 is 5.11 Å². The zero-order valence-corrected chi connectivity index (χ0v) is 15.7. The second kappa shape index (κ2) is 19.7. The van der Waals surface area contributed by atoms with Crippen LogP contribution in [0.25, 0.3) is 0 Å². The third-order valence-electron chi connectivity index (χ3n) is 4.09. The van der Waals surface area contributed by atoms with Crippen molar-refractivity contribution in [2.45, 2.75) is 96.8 Å². The molecule has 0 spiro atoms. The van der Waals surface area contributed by atoms with Gasteiger partial charge in [-0.2, -0.15) is 0 Å². The van der Waals surface area contributed by atoms with E-state index in [1.807, 2.05) is 0 Å². The van der Waals surface area contributed by atoms with E-state index in [0.717, 1.165) is 25.7 Å². The summed E-state index contributed by atoms with van der Waals surface area (Å²) in [7, 11) is 0. The lowest BCUT2D eigenvalue weighted by Gasteiger charge is -2.01. The van der Waals surface area contributed by atoms with E-state index < -0.39 is 5.97 Å². The van der Waals surface area contributed by atoms with Gasteiger partial charge in [0.05, 0.1) is 0 Å². The Kier molecular flexibility index (Phi) is 18.7. The van der Waals surface area contributed by atoms with Crippen LogP contribution in [-0.2, 0) is 4.79 Å². The second-order valence-electron chi connectivity index (χ2n) is 6.44. The molecule has 0 rings (SSSR count). The Morgan fingerprint density at radius 1 is 0.667 bits per heavy atom. The van der Waals surface area contributed by atoms with E-state index in [9.17, 15) is 4.79 Å². The number of aliphatic carboxylic acids is 1. The van der Waals surface area contributed by atoms with Gasteiger partial charge >= 0.3 is 5.97 Å². The van der Waals surface area contributed by atoms with Gasteiger partial charge in [0.1, 0.15) is 0 Å². The van der Waals surface area contributed by atoms with Crippen LogP contribution in [0.2, 0.25) is 0 Å². The van der Waals surface area contributed by atoms with Crippen molar-refractivity contribution in [1.29, 1.82) is 0 Å². The molecule has 0 unspecified atom stereocenters. The van der Waals surface area contributed by atoms with Crippen LogP contribution in [0.5, 0.6) is 0 Å². The first-order valence-electron chi connectivity index (χ1n) is 9.96. The molecule has 24 heavy (non-hydrogen) atoms. The monoisotopic (exact) mass is 334 g/mol. The van der Waals surface area contributed by atoms with Crippen LogP contribution in [0.3, 0.4) is 0 Å². The van der Waals surface area contributed by atoms with Crippen LogP contribution in [0, 0.1) is 0 Å². The summed E-state index contributed by atoms with van der Waals surface area (Å²) in [6.07, 6.45) is 29.6. The largest absolute Gasteiger partial charge is 0.478 e. The van der Waals surface area contributed by atoms with Crippen molar-refractivity contribution in [2.75, 3.05) is 0 Å². The summed E-state index contributed by atoms with van der Waals surface area (Å²) in [5.74, 6) is -0.838. The fraction of sp³-hybridized carbons (Fsp3) is 0.682. The molecule has 1 N–H and O–H groups in total. The molecule has 2 heteroatoms. The first-order chi connectivity index (χ1) is 11.8. The number of hydrogen-bond acceptors (Lipinski definition) is 1. The Morgan fingerprint density at radius 2 is 1.12 bits per heavy atom. The van der Waals surface area contributed by atoms with E-state index in [4.69, 9.17) is 5.11 Å². The van der Waals surface area contributed by atoms with Gasteiger partial charge in [0, 0.05) is 6.08 Å². The summed E-state index contributed by atoms with van der Waals surface area (Å²) < 4.78 is 0. The molecule has 0 aromatic carbocycles. The van der Waals surface area contributed by atoms with E-state index in [1.165, 1.54) is 70.3 Å². The third-order valence-corrected chi connectivity index (χ3v) is 4.09. The molecule has 0 saturated heterocycles. The fourth-order valence-electron chi connectivity index (χ4n) is 2.68. The van der Waals surface area contributed by atoms with Gasteiger partial charge in [-0.25, -0.2) is 4.79 Å². The highest BCUT2D eigenvalue weighted by atomic mass is 16.4. The molecule has 0 heterocycles. The number of carbonyl (C=O) groups is 1. The van der Waals surface area contributed by atoms with Gasteiger partial charge in [-0.3, -0.25) is 0 Å². The molecule has 0 atom stereocenters. The Labute approximate surface area is 149 Å². The summed E-state index contributed by atoms with van der Waals surface area (Å²) in [5, 5.41) is 8.46. The Morgan fingerprint density at radius 3 is 1.62 bits per heavy atom. The van der Waals surface area contributed by atoms with E-state index >= 15 is 0 Å². The molecule has 0 fully saturated rings. The Balaban J connectivity index is 3.12. The van der Waals surface area contributed by atoms with Crippen molar-refractivity contribution in [3.8, 4) is 0 Å². The van der Waals surface area contributed by atoms with Crippen molar-refractivity contribution in [3.05, 3.63) is 36.5 Å². The smallest absolute Gasteiger partial charge is 0.327 e. The number of allylic oxidation sites excluding steroid dienone is 5. The number of carboxylic acids is 1. The molecule has 0 amide bonds. The van der Waals surface area contributed by atoms with Crippen LogP contribution in [0.4, 0.5) is 0 Å². The molecule has 2 nitrogen and oxygen atoms in total. The van der Waals surface area contributed by atoms with E-state index in [1.54, 1.807) is 6.08 Å². The summed E-state index contributed by atoms with van der Waals surface area (Å²) >= 11 is 0. The number of rotatable bonds is 17. The normalized spacial score (nSPS) is 12.0. The van der Waals surface area contributed by atoms with Gasteiger partial charge in [0.2, 0.25) is 0 Å². The molecule has 0 aliphatic carbocycles. The minimum absolute atomic E-state index is 0.838. The zero-order chi connectivity index (χ0) is 17.7. The molecule has 0 radical (unpaired) electrons. The van der Waals surface area contributed by atoms with Crippen molar-refractivity contribution in [1.82, 2.24) is 0 Å². The van der Waals surface area contributed by atoms with E-state index in [-0.39, 0.29) is 0 Å². The predicted octanol–water partition coefficient (Wildman–Crippen LogP) is 7.22. The quantitative estimate of drug-likeness (QED) is 0.173. The maximum Gasteiger partial charge on any atom is 0.327 e. The maximum atomic E-state index is 10.3. The fourth-order valence-corrected chi connectivity index (χ4v) is 2.68. The van der Waals surface area contributed by atoms with Gasteiger partial charge in [-0.15, -0.1) is 0 Å². The highest BCUT2D eigenvalue weighted by Gasteiger charge is 1.93. The Bertz CT molecular complexity index is 353. The lowest BCUT2D eigenvalue weighted by atomic mass is 10.0. The van der Waals surface area contributed by atoms with Crippen molar-refractivity contribution in [3.63, 3.8) is 0 Å². The summed E-state index contributed by atoms with van der Waals surface area (Å²) in [4.78, 5) is 10.3. The molecule has 0 aliphatic heterocycles. The SMILES string of the molecule is CCC=CCC=CCCCCCCCCCCCCC=CC(=O)O. The van der Waals surface area contributed by atoms with Crippen LogP contribution in [0.15, 0.2) is 36.5 Å². The maximum absolute atomic E-state index is 10.3. The van der Waals surface area contributed by atoms with E-state index in [0.29, 0.717) is 0 Å². The Hall–Kier alpha value is -1.31. The van der Waals surface area contributed by atoms with Gasteiger partial charge in [0.15, 0.2) is 0 Å². The first kappa shape index (κ1) is 22.7. The molecule has 0 aromatic rings. The van der Waals surface area contributed by atoms with Gasteiger partial charge in [0.25, 0.3) is 0 Å². The molecule has 138 valence electrons. The van der Waals surface area contributed by atoms with Crippen molar-refractivity contribution in [2.24, 2.45) is 0 Å². The summed E-state index contributed by atoms with van der Waals surface area (Å²) in [6.45, 7) is 2.17. The van der Waals surface area contributed by atoms with Gasteiger partial charge in [-0.05, 0) is 38.5 Å². The molecule has 0 saturated carbocycles. The highest BCUT2D eigenvalue weighted by molar-refractivity contribution is 5.79. The molecular formula is C22H38O2. The third kappa shape index (κ3) is 20.7. The molecule has 0 bridgehead atoms. The highest BCUT2D eigenvalue weighted by Crippen LogP contribution is 2.12. The topological polar surface area (TPSA) is 37.3 Å². The van der Waals surface area contributed by atoms with Crippen LogP contribution >= 0.6 is 0 Å². The average molecular weight is 335 g/mol. The number of hydrogen-bond donors (Lipinski definition) is 1. The number of carboxylic acid groups (broad SMARTS) is 1. The lowest BCUT2D eigenvalue weighted by molar-refractivity contribution is -0.131. The second-order valence-corrected chi connectivity index (χ2v) is 6.44. The van der Waals surface area contributed by atoms with Crippen LogP contribution in [-0.4, -0.2) is 11.1 Å².